The summed E-state index contributed by atoms with van der Waals surface area (Å²) in [4.78, 5) is 8.49. The molecule has 0 atom stereocenters. The summed E-state index contributed by atoms with van der Waals surface area (Å²) in [7, 11) is 0. The molecule has 0 amide bonds. The maximum absolute atomic E-state index is 6.08. The summed E-state index contributed by atoms with van der Waals surface area (Å²) in [6, 6.07) is 5.94. The van der Waals surface area contributed by atoms with Crippen molar-refractivity contribution in [2.45, 2.75) is 13.5 Å². The SMILES string of the molecule is Cc1cn2cc(Cn3cc4c(Cl)nccc4n3)ccc2n1. The van der Waals surface area contributed by atoms with Gasteiger partial charge in [0.25, 0.3) is 0 Å². The van der Waals surface area contributed by atoms with Crippen LogP contribution in [0.2, 0.25) is 5.15 Å². The van der Waals surface area contributed by atoms with Crippen molar-refractivity contribution in [2.75, 3.05) is 0 Å². The molecule has 4 aromatic heterocycles. The zero-order valence-electron chi connectivity index (χ0n) is 11.4. The van der Waals surface area contributed by atoms with E-state index in [4.69, 9.17) is 11.6 Å². The molecular weight excluding hydrogens is 286 g/mol. The Kier molecular flexibility index (Phi) is 2.68. The Morgan fingerprint density at radius 2 is 2.05 bits per heavy atom. The molecule has 4 rings (SSSR count). The number of nitrogens with zero attached hydrogens (tertiary/aromatic N) is 5. The lowest BCUT2D eigenvalue weighted by atomic mass is 10.3. The minimum Gasteiger partial charge on any atom is -0.306 e. The second-order valence-corrected chi connectivity index (χ2v) is 5.40. The number of rotatable bonds is 2. The molecule has 0 aliphatic heterocycles. The number of aryl methyl sites for hydroxylation is 1. The number of pyridine rings is 2. The van der Waals surface area contributed by atoms with E-state index in [2.05, 4.69) is 27.3 Å². The molecule has 0 aliphatic rings. The molecule has 4 aromatic rings. The van der Waals surface area contributed by atoms with Gasteiger partial charge in [-0.25, -0.2) is 9.97 Å². The van der Waals surface area contributed by atoms with Crippen LogP contribution in [-0.2, 0) is 6.54 Å². The third-order valence-corrected chi connectivity index (χ3v) is 3.71. The van der Waals surface area contributed by atoms with Crippen LogP contribution < -0.4 is 0 Å². The van der Waals surface area contributed by atoms with Gasteiger partial charge in [0.05, 0.1) is 23.1 Å². The first-order valence-electron chi connectivity index (χ1n) is 6.61. The number of fused-ring (bicyclic) bond motifs is 2. The van der Waals surface area contributed by atoms with E-state index < -0.39 is 0 Å². The lowest BCUT2D eigenvalue weighted by molar-refractivity contribution is 0.693. The lowest BCUT2D eigenvalue weighted by Crippen LogP contribution is -2.01. The van der Waals surface area contributed by atoms with Crippen molar-refractivity contribution in [3.63, 3.8) is 0 Å². The van der Waals surface area contributed by atoms with Gasteiger partial charge in [-0.05, 0) is 24.6 Å². The van der Waals surface area contributed by atoms with E-state index in [-0.39, 0.29) is 0 Å². The molecule has 0 unspecified atom stereocenters. The van der Waals surface area contributed by atoms with Gasteiger partial charge in [0.15, 0.2) is 0 Å². The average molecular weight is 298 g/mol. The molecule has 0 aromatic carbocycles. The van der Waals surface area contributed by atoms with Crippen molar-refractivity contribution >= 4 is 28.2 Å². The summed E-state index contributed by atoms with van der Waals surface area (Å²) < 4.78 is 3.91. The smallest absolute Gasteiger partial charge is 0.139 e. The Bertz CT molecular complexity index is 953. The van der Waals surface area contributed by atoms with E-state index in [1.807, 2.05) is 40.5 Å². The third-order valence-electron chi connectivity index (χ3n) is 3.41. The highest BCUT2D eigenvalue weighted by atomic mass is 35.5. The quantitative estimate of drug-likeness (QED) is 0.534. The maximum Gasteiger partial charge on any atom is 0.139 e. The monoisotopic (exact) mass is 297 g/mol. The third kappa shape index (κ3) is 2.15. The molecule has 0 aliphatic carbocycles. The van der Waals surface area contributed by atoms with Gasteiger partial charge in [0.2, 0.25) is 0 Å². The zero-order chi connectivity index (χ0) is 14.4. The van der Waals surface area contributed by atoms with E-state index in [1.54, 1.807) is 6.20 Å². The van der Waals surface area contributed by atoms with Crippen LogP contribution in [0.1, 0.15) is 11.3 Å². The fourth-order valence-corrected chi connectivity index (χ4v) is 2.69. The first-order valence-corrected chi connectivity index (χ1v) is 6.99. The largest absolute Gasteiger partial charge is 0.306 e. The maximum atomic E-state index is 6.08. The van der Waals surface area contributed by atoms with Gasteiger partial charge in [-0.2, -0.15) is 5.10 Å². The van der Waals surface area contributed by atoms with Gasteiger partial charge in [-0.1, -0.05) is 17.7 Å². The first kappa shape index (κ1) is 12.3. The van der Waals surface area contributed by atoms with E-state index >= 15 is 0 Å². The van der Waals surface area contributed by atoms with Crippen LogP contribution in [0.15, 0.2) is 43.0 Å². The predicted molar refractivity (Wildman–Crippen MR) is 81.6 cm³/mol. The first-order chi connectivity index (χ1) is 10.2. The molecule has 0 bridgehead atoms. The predicted octanol–water partition coefficient (Wildman–Crippen LogP) is 3.09. The second-order valence-electron chi connectivity index (χ2n) is 5.05. The van der Waals surface area contributed by atoms with E-state index in [9.17, 15) is 0 Å². The van der Waals surface area contributed by atoms with Gasteiger partial charge in [-0.3, -0.25) is 4.68 Å². The molecule has 0 saturated heterocycles. The minimum atomic E-state index is 0.486. The van der Waals surface area contributed by atoms with Gasteiger partial charge in [0, 0.05) is 24.8 Å². The van der Waals surface area contributed by atoms with Crippen LogP contribution in [0, 0.1) is 6.92 Å². The van der Waals surface area contributed by atoms with Crippen LogP contribution >= 0.6 is 11.6 Å². The van der Waals surface area contributed by atoms with Gasteiger partial charge < -0.3 is 4.40 Å². The fraction of sp³-hybridized carbons (Fsp3) is 0.133. The number of hydrogen-bond acceptors (Lipinski definition) is 3. The number of aromatic nitrogens is 5. The standard InChI is InChI=1S/C15H12ClN5/c1-10-6-20-7-11(2-3-14(20)18-10)8-21-9-12-13(19-21)4-5-17-15(12)16/h2-7,9H,8H2,1H3. The highest BCUT2D eigenvalue weighted by Gasteiger charge is 2.06. The summed E-state index contributed by atoms with van der Waals surface area (Å²) in [6.07, 6.45) is 7.68. The molecule has 0 N–H and O–H groups in total. The minimum absolute atomic E-state index is 0.486. The molecule has 104 valence electrons. The average Bonchev–Trinajstić information content (AvgIpc) is 3.01. The lowest BCUT2D eigenvalue weighted by Gasteiger charge is -2.02. The number of halogens is 1. The molecule has 5 nitrogen and oxygen atoms in total. The van der Waals surface area contributed by atoms with Crippen LogP contribution in [0.25, 0.3) is 16.6 Å². The Morgan fingerprint density at radius 3 is 2.90 bits per heavy atom. The Balaban J connectivity index is 1.73. The summed E-state index contributed by atoms with van der Waals surface area (Å²) >= 11 is 6.08. The summed E-state index contributed by atoms with van der Waals surface area (Å²) in [5.41, 5.74) is 3.97. The number of hydrogen-bond donors (Lipinski definition) is 0. The van der Waals surface area contributed by atoms with Crippen molar-refractivity contribution in [1.82, 2.24) is 24.1 Å². The molecule has 6 heteroatoms. The summed E-state index contributed by atoms with van der Waals surface area (Å²) in [5.74, 6) is 0. The van der Waals surface area contributed by atoms with Crippen LogP contribution in [0.5, 0.6) is 0 Å². The summed E-state index contributed by atoms with van der Waals surface area (Å²) in [6.45, 7) is 2.67. The highest BCUT2D eigenvalue weighted by Crippen LogP contribution is 2.20. The van der Waals surface area contributed by atoms with Crippen molar-refractivity contribution < 1.29 is 0 Å². The van der Waals surface area contributed by atoms with E-state index in [0.717, 1.165) is 27.8 Å². The topological polar surface area (TPSA) is 48.0 Å². The number of imidazole rings is 1. The Labute approximate surface area is 125 Å². The molecule has 0 saturated carbocycles. The van der Waals surface area contributed by atoms with Crippen molar-refractivity contribution in [3.05, 3.63) is 59.4 Å². The second kappa shape index (κ2) is 4.56. The molecular formula is C15H12ClN5. The highest BCUT2D eigenvalue weighted by molar-refractivity contribution is 6.34. The van der Waals surface area contributed by atoms with Crippen LogP contribution in [-0.4, -0.2) is 24.1 Å². The molecule has 0 fully saturated rings. The van der Waals surface area contributed by atoms with Crippen molar-refractivity contribution in [1.29, 1.82) is 0 Å². The normalized spacial score (nSPS) is 11.5. The Morgan fingerprint density at radius 1 is 1.14 bits per heavy atom. The summed E-state index contributed by atoms with van der Waals surface area (Å²) in [5, 5.41) is 5.88. The fourth-order valence-electron chi connectivity index (χ4n) is 2.49. The van der Waals surface area contributed by atoms with E-state index in [1.165, 1.54) is 0 Å². The zero-order valence-corrected chi connectivity index (χ0v) is 12.1. The molecule has 0 spiro atoms. The van der Waals surface area contributed by atoms with Crippen LogP contribution in [0.3, 0.4) is 0 Å². The van der Waals surface area contributed by atoms with E-state index in [0.29, 0.717) is 11.7 Å². The van der Waals surface area contributed by atoms with Crippen molar-refractivity contribution in [3.8, 4) is 0 Å². The molecule has 4 heterocycles. The van der Waals surface area contributed by atoms with Gasteiger partial charge in [0.1, 0.15) is 10.8 Å². The Hall–Kier alpha value is -2.40. The van der Waals surface area contributed by atoms with Gasteiger partial charge in [-0.15, -0.1) is 0 Å². The van der Waals surface area contributed by atoms with Crippen molar-refractivity contribution in [2.24, 2.45) is 0 Å². The van der Waals surface area contributed by atoms with Crippen LogP contribution in [0.4, 0.5) is 0 Å². The molecule has 21 heavy (non-hydrogen) atoms. The van der Waals surface area contributed by atoms with Gasteiger partial charge >= 0.3 is 0 Å². The molecule has 0 radical (unpaired) electrons.